The molecule has 2 amide bonds. The van der Waals surface area contributed by atoms with Crippen molar-refractivity contribution in [3.05, 3.63) is 71.8 Å². The minimum absolute atomic E-state index is 0.0248. The van der Waals surface area contributed by atoms with Gasteiger partial charge in [0, 0.05) is 18.5 Å². The van der Waals surface area contributed by atoms with Crippen molar-refractivity contribution in [1.29, 1.82) is 0 Å². The van der Waals surface area contributed by atoms with Crippen LogP contribution in [0.5, 0.6) is 0 Å². The molecule has 0 bridgehead atoms. The summed E-state index contributed by atoms with van der Waals surface area (Å²) in [4.78, 5) is 35.4. The highest BCUT2D eigenvalue weighted by Crippen LogP contribution is 2.44. The normalized spacial score (nSPS) is 13.4. The van der Waals surface area contributed by atoms with E-state index in [0.717, 1.165) is 22.3 Å². The van der Waals surface area contributed by atoms with Crippen LogP contribution >= 0.6 is 0 Å². The van der Waals surface area contributed by atoms with Crippen molar-refractivity contribution in [3.8, 4) is 11.1 Å². The van der Waals surface area contributed by atoms with Crippen LogP contribution in [0.15, 0.2) is 60.7 Å². The first-order valence-electron chi connectivity index (χ1n) is 11.2. The zero-order valence-electron chi connectivity index (χ0n) is 18.9. The minimum atomic E-state index is -1.06. The Morgan fingerprint density at radius 3 is 2.18 bits per heavy atom. The lowest BCUT2D eigenvalue weighted by molar-refractivity contribution is -0.141. The predicted molar refractivity (Wildman–Crippen MR) is 126 cm³/mol. The number of rotatable bonds is 10. The highest BCUT2D eigenvalue weighted by atomic mass is 16.5. The van der Waals surface area contributed by atoms with E-state index in [1.165, 1.54) is 12.2 Å². The molecule has 1 aliphatic carbocycles. The van der Waals surface area contributed by atoms with Crippen molar-refractivity contribution in [3.63, 3.8) is 0 Å². The highest BCUT2D eigenvalue weighted by Gasteiger charge is 2.28. The van der Waals surface area contributed by atoms with E-state index in [4.69, 9.17) is 4.74 Å². The number of benzene rings is 2. The number of hydrogen-bond donors (Lipinski definition) is 3. The van der Waals surface area contributed by atoms with E-state index in [1.807, 2.05) is 50.2 Å². The molecule has 33 heavy (non-hydrogen) atoms. The Morgan fingerprint density at radius 1 is 1.00 bits per heavy atom. The maximum absolute atomic E-state index is 12.1. The Hall–Kier alpha value is -3.61. The predicted octanol–water partition coefficient (Wildman–Crippen LogP) is 4.09. The third kappa shape index (κ3) is 6.44. The van der Waals surface area contributed by atoms with Crippen LogP contribution < -0.4 is 10.6 Å². The molecule has 2 aromatic rings. The molecule has 1 aliphatic rings. The number of hydrogen-bond acceptors (Lipinski definition) is 4. The molecule has 3 N–H and O–H groups in total. The summed E-state index contributed by atoms with van der Waals surface area (Å²) in [6.07, 6.45) is 3.16. The number of carbonyl (C=O) groups is 3. The molecule has 1 unspecified atom stereocenters. The zero-order chi connectivity index (χ0) is 23.8. The minimum Gasteiger partial charge on any atom is -0.480 e. The molecule has 3 rings (SSSR count). The number of carboxylic acid groups (broad SMARTS) is 1. The number of amides is 2. The molecule has 0 spiro atoms. The molecule has 7 heteroatoms. The lowest BCUT2D eigenvalue weighted by atomic mass is 9.98. The number of nitrogens with one attached hydrogen (secondary N) is 2. The van der Waals surface area contributed by atoms with Crippen molar-refractivity contribution in [2.24, 2.45) is 5.92 Å². The fourth-order valence-electron chi connectivity index (χ4n) is 3.93. The maximum Gasteiger partial charge on any atom is 0.407 e. The van der Waals surface area contributed by atoms with Crippen LogP contribution in [0.1, 0.15) is 43.7 Å². The number of fused-ring (bicyclic) bond motifs is 3. The summed E-state index contributed by atoms with van der Waals surface area (Å²) in [5, 5.41) is 14.3. The number of carbonyl (C=O) groups excluding carboxylic acids is 2. The molecule has 0 heterocycles. The van der Waals surface area contributed by atoms with Crippen molar-refractivity contribution in [2.75, 3.05) is 13.2 Å². The average Bonchev–Trinajstić information content (AvgIpc) is 3.11. The Bertz CT molecular complexity index is 985. The summed E-state index contributed by atoms with van der Waals surface area (Å²) in [6, 6.07) is 15.3. The summed E-state index contributed by atoms with van der Waals surface area (Å²) >= 11 is 0. The molecule has 0 fully saturated rings. The summed E-state index contributed by atoms with van der Waals surface area (Å²) < 4.78 is 5.43. The Labute approximate surface area is 193 Å². The van der Waals surface area contributed by atoms with Gasteiger partial charge in [0.15, 0.2) is 0 Å². The highest BCUT2D eigenvalue weighted by molar-refractivity contribution is 5.91. The molecule has 0 aromatic heterocycles. The van der Waals surface area contributed by atoms with E-state index < -0.39 is 24.0 Å². The van der Waals surface area contributed by atoms with E-state index >= 15 is 0 Å². The lowest BCUT2D eigenvalue weighted by Crippen LogP contribution is -2.40. The van der Waals surface area contributed by atoms with Gasteiger partial charge in [-0.3, -0.25) is 4.79 Å². The van der Waals surface area contributed by atoms with E-state index in [0.29, 0.717) is 18.8 Å². The van der Waals surface area contributed by atoms with Crippen LogP contribution in [-0.2, 0) is 14.3 Å². The molecule has 2 aromatic carbocycles. The topological polar surface area (TPSA) is 105 Å². The third-order valence-corrected chi connectivity index (χ3v) is 5.62. The van der Waals surface area contributed by atoms with Gasteiger partial charge in [0.25, 0.3) is 0 Å². The van der Waals surface area contributed by atoms with Crippen molar-refractivity contribution in [2.45, 2.75) is 38.6 Å². The van der Waals surface area contributed by atoms with Crippen molar-refractivity contribution in [1.82, 2.24) is 10.6 Å². The first kappa shape index (κ1) is 24.0. The van der Waals surface area contributed by atoms with Gasteiger partial charge >= 0.3 is 12.1 Å². The van der Waals surface area contributed by atoms with Crippen LogP contribution in [0.25, 0.3) is 11.1 Å². The number of alkyl carbamates (subject to hydrolysis) is 1. The number of aliphatic carboxylic acids is 1. The first-order valence-corrected chi connectivity index (χ1v) is 11.2. The van der Waals surface area contributed by atoms with Gasteiger partial charge in [0.2, 0.25) is 5.91 Å². The van der Waals surface area contributed by atoms with Gasteiger partial charge in [-0.2, -0.15) is 0 Å². The second kappa shape index (κ2) is 11.3. The smallest absolute Gasteiger partial charge is 0.407 e. The second-order valence-corrected chi connectivity index (χ2v) is 8.48. The number of carboxylic acids is 1. The molecular formula is C26H30N2O5. The SMILES string of the molecule is CC(C)CCC(NC(=O)/C=C/CNC(=O)OCC1c2ccccc2-c2ccccc21)C(=O)O. The summed E-state index contributed by atoms with van der Waals surface area (Å²) in [7, 11) is 0. The van der Waals surface area contributed by atoms with Crippen molar-refractivity contribution >= 4 is 18.0 Å². The van der Waals surface area contributed by atoms with Crippen LogP contribution in [0.2, 0.25) is 0 Å². The molecule has 174 valence electrons. The van der Waals surface area contributed by atoms with Gasteiger partial charge < -0.3 is 20.5 Å². The van der Waals surface area contributed by atoms with E-state index in [1.54, 1.807) is 0 Å². The van der Waals surface area contributed by atoms with Crippen LogP contribution in [-0.4, -0.2) is 42.3 Å². The van der Waals surface area contributed by atoms with Gasteiger partial charge in [-0.15, -0.1) is 0 Å². The largest absolute Gasteiger partial charge is 0.480 e. The van der Waals surface area contributed by atoms with E-state index in [9.17, 15) is 19.5 Å². The summed E-state index contributed by atoms with van der Waals surface area (Å²) in [5.74, 6) is -1.25. The van der Waals surface area contributed by atoms with Crippen LogP contribution in [0.4, 0.5) is 4.79 Å². The Morgan fingerprint density at radius 2 is 1.61 bits per heavy atom. The van der Waals surface area contributed by atoms with E-state index in [-0.39, 0.29) is 19.1 Å². The zero-order valence-corrected chi connectivity index (χ0v) is 18.9. The molecule has 1 atom stereocenters. The Kier molecular flexibility index (Phi) is 8.24. The quantitative estimate of drug-likeness (QED) is 0.473. The molecule has 0 saturated carbocycles. The standard InChI is InChI=1S/C26H30N2O5/c1-17(2)13-14-23(25(30)31)28-24(29)12-7-15-27-26(32)33-16-22-20-10-5-3-8-18(20)19-9-4-6-11-21(19)22/h3-12,17,22-23H,13-16H2,1-2H3,(H,27,32)(H,28,29)(H,30,31)/b12-7+. The molecule has 0 saturated heterocycles. The number of ether oxygens (including phenoxy) is 1. The molecule has 0 aliphatic heterocycles. The van der Waals surface area contributed by atoms with Gasteiger partial charge in [0.1, 0.15) is 12.6 Å². The first-order chi connectivity index (χ1) is 15.9. The summed E-state index contributed by atoms with van der Waals surface area (Å²) in [5.41, 5.74) is 4.58. The fraction of sp³-hybridized carbons (Fsp3) is 0.346. The second-order valence-electron chi connectivity index (χ2n) is 8.48. The maximum atomic E-state index is 12.1. The molecule has 0 radical (unpaired) electrons. The molecule has 7 nitrogen and oxygen atoms in total. The van der Waals surface area contributed by atoms with Crippen molar-refractivity contribution < 1.29 is 24.2 Å². The van der Waals surface area contributed by atoms with Crippen LogP contribution in [0.3, 0.4) is 0 Å². The van der Waals surface area contributed by atoms with Gasteiger partial charge in [0.05, 0.1) is 0 Å². The van der Waals surface area contributed by atoms with Gasteiger partial charge in [-0.1, -0.05) is 68.5 Å². The van der Waals surface area contributed by atoms with Gasteiger partial charge in [-0.25, -0.2) is 9.59 Å². The monoisotopic (exact) mass is 450 g/mol. The lowest BCUT2D eigenvalue weighted by Gasteiger charge is -2.14. The van der Waals surface area contributed by atoms with Gasteiger partial charge in [-0.05, 0) is 41.0 Å². The van der Waals surface area contributed by atoms with E-state index in [2.05, 4.69) is 22.8 Å². The molecular weight excluding hydrogens is 420 g/mol. The third-order valence-electron chi connectivity index (χ3n) is 5.62. The summed E-state index contributed by atoms with van der Waals surface area (Å²) in [6.45, 7) is 4.29. The van der Waals surface area contributed by atoms with Crippen LogP contribution in [0, 0.1) is 5.92 Å². The average molecular weight is 451 g/mol. The Balaban J connectivity index is 1.45. The fourth-order valence-corrected chi connectivity index (χ4v) is 3.93.